The number of esters is 3. The lowest BCUT2D eigenvalue weighted by atomic mass is 10.1. The maximum Gasteiger partial charge on any atom is 0.306 e. The van der Waals surface area contributed by atoms with Crippen molar-refractivity contribution in [3.8, 4) is 0 Å². The third-order valence-electron chi connectivity index (χ3n) is 10.9. The van der Waals surface area contributed by atoms with E-state index in [1.54, 1.807) is 0 Å². The Labute approximate surface area is 417 Å². The van der Waals surface area contributed by atoms with Crippen LogP contribution in [0.1, 0.15) is 220 Å². The van der Waals surface area contributed by atoms with Gasteiger partial charge in [-0.15, -0.1) is 0 Å². The van der Waals surface area contributed by atoms with Crippen molar-refractivity contribution in [3.05, 3.63) is 134 Å². The molecule has 0 fully saturated rings. The van der Waals surface area contributed by atoms with E-state index in [9.17, 15) is 14.4 Å². The molecule has 0 bridgehead atoms. The normalized spacial score (nSPS) is 13.2. The zero-order chi connectivity index (χ0) is 49.3. The highest BCUT2D eigenvalue weighted by molar-refractivity contribution is 5.71. The highest BCUT2D eigenvalue weighted by atomic mass is 16.6. The van der Waals surface area contributed by atoms with Gasteiger partial charge < -0.3 is 14.2 Å². The van der Waals surface area contributed by atoms with Gasteiger partial charge in [-0.3, -0.25) is 14.4 Å². The lowest BCUT2D eigenvalue weighted by molar-refractivity contribution is -0.166. The summed E-state index contributed by atoms with van der Waals surface area (Å²) in [4.78, 5) is 38.0. The molecule has 0 heterocycles. The average molecular weight is 939 g/mol. The molecule has 0 radical (unpaired) electrons. The van der Waals surface area contributed by atoms with Gasteiger partial charge in [0, 0.05) is 19.3 Å². The van der Waals surface area contributed by atoms with Crippen molar-refractivity contribution >= 4 is 17.9 Å². The van der Waals surface area contributed by atoms with Crippen molar-refractivity contribution < 1.29 is 28.6 Å². The fraction of sp³-hybridized carbons (Fsp3) is 0.597. The first-order valence-electron chi connectivity index (χ1n) is 27.2. The van der Waals surface area contributed by atoms with Crippen LogP contribution in [0.25, 0.3) is 0 Å². The zero-order valence-corrected chi connectivity index (χ0v) is 43.6. The number of carbonyl (C=O) groups is 3. The number of hydrogen-bond acceptors (Lipinski definition) is 6. The minimum Gasteiger partial charge on any atom is -0.462 e. The second kappa shape index (κ2) is 55.1. The molecule has 0 amide bonds. The number of ether oxygens (including phenoxy) is 3. The van der Waals surface area contributed by atoms with E-state index in [1.807, 2.05) is 18.2 Å². The minimum absolute atomic E-state index is 0.145. The standard InChI is InChI=1S/C62H98O6/c1-4-7-10-13-16-19-22-25-27-29-31-33-34-37-40-43-46-49-52-55-61(64)67-58-59(57-66-60(63)54-51-48-45-42-39-36-24-21-18-15-12-9-6-3)68-62(65)56-53-50-47-44-41-38-35-32-30-28-26-23-20-17-14-11-8-5-2/h7,10,16,19,23,25-28,30-33,35-37,39-40,45-46,48-49,59H,4-6,8-9,11-15,17-18,20-22,24,29,34,38,41-44,47,50-58H2,1-3H3/b10-7+,19-16+,26-23+,27-25+,30-28+,33-31+,35-32+,39-36+,40-37+,48-45+,49-46+. The molecule has 0 aromatic heterocycles. The molecule has 1 atom stereocenters. The molecule has 0 saturated carbocycles. The third kappa shape index (κ3) is 52.5. The van der Waals surface area contributed by atoms with Gasteiger partial charge in [0.15, 0.2) is 6.10 Å². The van der Waals surface area contributed by atoms with Gasteiger partial charge in [0.2, 0.25) is 0 Å². The summed E-state index contributed by atoms with van der Waals surface area (Å²) < 4.78 is 16.7. The van der Waals surface area contributed by atoms with Crippen LogP contribution < -0.4 is 0 Å². The lowest BCUT2D eigenvalue weighted by Gasteiger charge is -2.18. The fourth-order valence-corrected chi connectivity index (χ4v) is 6.87. The van der Waals surface area contributed by atoms with Crippen LogP contribution in [0.15, 0.2) is 134 Å². The molecule has 0 aromatic rings. The quantitative estimate of drug-likeness (QED) is 0.0199. The largest absolute Gasteiger partial charge is 0.462 e. The third-order valence-corrected chi connectivity index (χ3v) is 10.9. The number of rotatable bonds is 47. The van der Waals surface area contributed by atoms with Crippen LogP contribution in [-0.4, -0.2) is 37.2 Å². The van der Waals surface area contributed by atoms with E-state index in [4.69, 9.17) is 14.2 Å². The number of unbranched alkanes of at least 4 members (excludes halogenated alkanes) is 16. The first-order valence-corrected chi connectivity index (χ1v) is 27.2. The Morgan fingerprint density at radius 3 is 1.07 bits per heavy atom. The van der Waals surface area contributed by atoms with Gasteiger partial charge >= 0.3 is 17.9 Å². The molecule has 0 spiro atoms. The Hall–Kier alpha value is -4.45. The van der Waals surface area contributed by atoms with Gasteiger partial charge in [-0.1, -0.05) is 231 Å². The summed E-state index contributed by atoms with van der Waals surface area (Å²) in [5.74, 6) is -1.12. The van der Waals surface area contributed by atoms with Crippen molar-refractivity contribution in [2.45, 2.75) is 226 Å². The number of hydrogen-bond donors (Lipinski definition) is 0. The molecular weight excluding hydrogens is 841 g/mol. The predicted octanol–water partition coefficient (Wildman–Crippen LogP) is 18.3. The SMILES string of the molecule is CC/C=C/C/C=C/C/C=C/C/C=C/C/C=C/C/C=C/CCC(=O)OCC(COC(=O)CC/C=C/C/C=C/CCCCCCCC)OC(=O)CCCCCCC/C=C/C=C/C=C/CCCCCCC. The summed E-state index contributed by atoms with van der Waals surface area (Å²) in [5.41, 5.74) is 0. The molecule has 0 aliphatic heterocycles. The fourth-order valence-electron chi connectivity index (χ4n) is 6.87. The topological polar surface area (TPSA) is 78.9 Å². The van der Waals surface area contributed by atoms with E-state index < -0.39 is 6.10 Å². The summed E-state index contributed by atoms with van der Waals surface area (Å²) >= 11 is 0. The van der Waals surface area contributed by atoms with Crippen molar-refractivity contribution in [3.63, 3.8) is 0 Å². The zero-order valence-electron chi connectivity index (χ0n) is 43.6. The Bertz CT molecular complexity index is 1500. The van der Waals surface area contributed by atoms with Crippen molar-refractivity contribution in [2.24, 2.45) is 0 Å². The van der Waals surface area contributed by atoms with Crippen molar-refractivity contribution in [1.82, 2.24) is 0 Å². The molecule has 0 saturated heterocycles. The van der Waals surface area contributed by atoms with E-state index in [-0.39, 0.29) is 50.4 Å². The molecular formula is C62H98O6. The van der Waals surface area contributed by atoms with Gasteiger partial charge in [-0.2, -0.15) is 0 Å². The van der Waals surface area contributed by atoms with E-state index in [1.165, 1.54) is 70.6 Å². The van der Waals surface area contributed by atoms with Crippen molar-refractivity contribution in [1.29, 1.82) is 0 Å². The van der Waals surface area contributed by atoms with Gasteiger partial charge in [-0.05, 0) is 103 Å². The molecule has 1 unspecified atom stereocenters. The average Bonchev–Trinajstić information content (AvgIpc) is 3.34. The Balaban J connectivity index is 4.62. The van der Waals surface area contributed by atoms with Gasteiger partial charge in [0.05, 0.1) is 0 Å². The van der Waals surface area contributed by atoms with Crippen LogP contribution in [0.4, 0.5) is 0 Å². The molecule has 6 nitrogen and oxygen atoms in total. The minimum atomic E-state index is -0.847. The first-order chi connectivity index (χ1) is 33.5. The monoisotopic (exact) mass is 939 g/mol. The van der Waals surface area contributed by atoms with Crippen LogP contribution in [0.3, 0.4) is 0 Å². The Morgan fingerprint density at radius 1 is 0.324 bits per heavy atom. The second-order valence-corrected chi connectivity index (χ2v) is 17.5. The van der Waals surface area contributed by atoms with Crippen LogP contribution in [0, 0.1) is 0 Å². The molecule has 6 heteroatoms. The maximum atomic E-state index is 12.8. The maximum absolute atomic E-state index is 12.8. The smallest absolute Gasteiger partial charge is 0.306 e. The van der Waals surface area contributed by atoms with E-state index in [0.29, 0.717) is 12.8 Å². The predicted molar refractivity (Wildman–Crippen MR) is 292 cm³/mol. The summed E-state index contributed by atoms with van der Waals surface area (Å²) in [6, 6.07) is 0. The van der Waals surface area contributed by atoms with Gasteiger partial charge in [0.1, 0.15) is 13.2 Å². The van der Waals surface area contributed by atoms with Gasteiger partial charge in [-0.25, -0.2) is 0 Å². The highest BCUT2D eigenvalue weighted by Crippen LogP contribution is 2.12. The summed E-state index contributed by atoms with van der Waals surface area (Å²) in [6.45, 7) is 6.35. The molecule has 0 rings (SSSR count). The van der Waals surface area contributed by atoms with E-state index >= 15 is 0 Å². The molecule has 0 N–H and O–H groups in total. The van der Waals surface area contributed by atoms with Crippen LogP contribution in [-0.2, 0) is 28.6 Å². The molecule has 68 heavy (non-hydrogen) atoms. The number of carbonyl (C=O) groups excluding carboxylic acids is 3. The molecule has 0 aromatic carbocycles. The van der Waals surface area contributed by atoms with Crippen LogP contribution in [0.2, 0.25) is 0 Å². The first kappa shape index (κ1) is 63.5. The van der Waals surface area contributed by atoms with E-state index in [2.05, 4.69) is 136 Å². The number of allylic oxidation sites excluding steroid dienone is 22. The molecule has 0 aliphatic carbocycles. The lowest BCUT2D eigenvalue weighted by Crippen LogP contribution is -2.30. The van der Waals surface area contributed by atoms with Crippen molar-refractivity contribution in [2.75, 3.05) is 13.2 Å². The summed E-state index contributed by atoms with van der Waals surface area (Å²) in [5, 5.41) is 0. The van der Waals surface area contributed by atoms with Crippen LogP contribution >= 0.6 is 0 Å². The Morgan fingerprint density at radius 2 is 0.662 bits per heavy atom. The molecule has 0 aliphatic rings. The highest BCUT2D eigenvalue weighted by Gasteiger charge is 2.19. The summed E-state index contributed by atoms with van der Waals surface area (Å²) in [7, 11) is 0. The van der Waals surface area contributed by atoms with E-state index in [0.717, 1.165) is 96.3 Å². The van der Waals surface area contributed by atoms with Gasteiger partial charge in [0.25, 0.3) is 0 Å². The Kier molecular flexibility index (Phi) is 51.5. The second-order valence-electron chi connectivity index (χ2n) is 17.5. The summed E-state index contributed by atoms with van der Waals surface area (Å²) in [6.07, 6.45) is 77.4. The van der Waals surface area contributed by atoms with Crippen LogP contribution in [0.5, 0.6) is 0 Å². The molecule has 382 valence electrons.